The summed E-state index contributed by atoms with van der Waals surface area (Å²) < 4.78 is 12.0. The Kier molecular flexibility index (Phi) is 8.27. The number of anilines is 1. The molecule has 0 aliphatic carbocycles. The lowest BCUT2D eigenvalue weighted by atomic mass is 10.1. The average Bonchev–Trinajstić information content (AvgIpc) is 2.81. The monoisotopic (exact) mass is 542 g/mol. The van der Waals surface area contributed by atoms with Crippen molar-refractivity contribution >= 4 is 46.2 Å². The Morgan fingerprint density at radius 1 is 0.969 bits per heavy atom. The molecule has 0 spiro atoms. The van der Waals surface area contributed by atoms with Gasteiger partial charge in [-0.15, -0.1) is 0 Å². The van der Waals surface area contributed by atoms with Gasteiger partial charge in [-0.2, -0.15) is 0 Å². The summed E-state index contributed by atoms with van der Waals surface area (Å²) in [5.74, 6) is 0.315. The molecule has 0 unspecified atom stereocenters. The summed E-state index contributed by atoms with van der Waals surface area (Å²) in [4.78, 5) is 25.8. The molecule has 0 radical (unpaired) electrons. The zero-order chi connectivity index (χ0) is 22.9. The van der Waals surface area contributed by atoms with Crippen LogP contribution < -0.4 is 20.1 Å². The summed E-state index contributed by atoms with van der Waals surface area (Å²) in [6, 6.07) is 21.4. The van der Waals surface area contributed by atoms with Crippen LogP contribution in [0.2, 0.25) is 0 Å². The van der Waals surface area contributed by atoms with Crippen LogP contribution in [0.4, 0.5) is 5.69 Å². The molecule has 164 valence electrons. The van der Waals surface area contributed by atoms with Crippen molar-refractivity contribution in [3.05, 3.63) is 93.2 Å². The standard InChI is InChI=1S/C25H23IN2O4/c1-3-32-23-16-17(9-14-22(23)31-2)15-21(28-24(29)18-7-5-4-6-8-18)25(30)27-20-12-10-19(26)11-13-20/h4-16H,3H2,1-2H3,(H,27,30)(H,28,29). The molecule has 32 heavy (non-hydrogen) atoms. The van der Waals surface area contributed by atoms with Crippen LogP contribution >= 0.6 is 22.6 Å². The highest BCUT2D eigenvalue weighted by molar-refractivity contribution is 14.1. The van der Waals surface area contributed by atoms with E-state index in [1.165, 1.54) is 0 Å². The number of rotatable bonds is 8. The van der Waals surface area contributed by atoms with Gasteiger partial charge in [0, 0.05) is 14.8 Å². The molecular formula is C25H23IN2O4. The third-order valence-corrected chi connectivity index (χ3v) is 5.15. The number of hydrogen-bond acceptors (Lipinski definition) is 4. The van der Waals surface area contributed by atoms with E-state index in [-0.39, 0.29) is 11.6 Å². The lowest BCUT2D eigenvalue weighted by Crippen LogP contribution is -2.30. The van der Waals surface area contributed by atoms with Crippen LogP contribution in [0, 0.1) is 3.57 Å². The zero-order valence-electron chi connectivity index (χ0n) is 17.7. The van der Waals surface area contributed by atoms with Crippen LogP contribution in [-0.2, 0) is 4.79 Å². The molecule has 3 aromatic carbocycles. The number of carbonyl (C=O) groups excluding carboxylic acids is 2. The third kappa shape index (κ3) is 6.34. The van der Waals surface area contributed by atoms with E-state index in [1.807, 2.05) is 25.1 Å². The van der Waals surface area contributed by atoms with E-state index in [0.717, 1.165) is 3.57 Å². The molecule has 0 bridgehead atoms. The number of carbonyl (C=O) groups is 2. The smallest absolute Gasteiger partial charge is 0.272 e. The van der Waals surface area contributed by atoms with Crippen LogP contribution in [0.5, 0.6) is 11.5 Å². The lowest BCUT2D eigenvalue weighted by Gasteiger charge is -2.13. The number of ether oxygens (including phenoxy) is 2. The molecule has 0 saturated carbocycles. The van der Waals surface area contributed by atoms with Crippen molar-refractivity contribution in [3.8, 4) is 11.5 Å². The van der Waals surface area contributed by atoms with Crippen LogP contribution in [0.1, 0.15) is 22.8 Å². The van der Waals surface area contributed by atoms with Gasteiger partial charge in [0.15, 0.2) is 11.5 Å². The van der Waals surface area contributed by atoms with Gasteiger partial charge in [-0.3, -0.25) is 9.59 Å². The normalized spacial score (nSPS) is 10.9. The summed E-state index contributed by atoms with van der Waals surface area (Å²) in [7, 11) is 1.56. The Bertz CT molecular complexity index is 1110. The van der Waals surface area contributed by atoms with Gasteiger partial charge in [0.25, 0.3) is 11.8 Å². The first-order chi connectivity index (χ1) is 15.5. The fourth-order valence-electron chi connectivity index (χ4n) is 2.89. The Labute approximate surface area is 200 Å². The Hall–Kier alpha value is -3.33. The molecule has 0 saturated heterocycles. The van der Waals surface area contributed by atoms with E-state index >= 15 is 0 Å². The van der Waals surface area contributed by atoms with Gasteiger partial charge in [-0.25, -0.2) is 0 Å². The topological polar surface area (TPSA) is 76.7 Å². The van der Waals surface area contributed by atoms with Gasteiger partial charge in [-0.05, 0) is 89.7 Å². The lowest BCUT2D eigenvalue weighted by molar-refractivity contribution is -0.113. The quantitative estimate of drug-likeness (QED) is 0.307. The van der Waals surface area contributed by atoms with E-state index in [1.54, 1.807) is 67.8 Å². The maximum absolute atomic E-state index is 13.1. The molecule has 2 amide bonds. The molecule has 0 atom stereocenters. The van der Waals surface area contributed by atoms with Gasteiger partial charge in [-0.1, -0.05) is 24.3 Å². The summed E-state index contributed by atoms with van der Waals surface area (Å²) >= 11 is 2.19. The molecule has 0 aliphatic heterocycles. The fraction of sp³-hybridized carbons (Fsp3) is 0.120. The van der Waals surface area contributed by atoms with Crippen LogP contribution in [0.25, 0.3) is 6.08 Å². The van der Waals surface area contributed by atoms with Crippen molar-refractivity contribution in [2.75, 3.05) is 19.0 Å². The SMILES string of the molecule is CCOc1cc(C=C(NC(=O)c2ccccc2)C(=O)Nc2ccc(I)cc2)ccc1OC. The van der Waals surface area contributed by atoms with Gasteiger partial charge in [0.2, 0.25) is 0 Å². The molecular weight excluding hydrogens is 519 g/mol. The van der Waals surface area contributed by atoms with E-state index in [9.17, 15) is 9.59 Å². The minimum Gasteiger partial charge on any atom is -0.493 e. The highest BCUT2D eigenvalue weighted by Gasteiger charge is 2.16. The maximum atomic E-state index is 13.1. The van der Waals surface area contributed by atoms with Gasteiger partial charge in [0.05, 0.1) is 13.7 Å². The Balaban J connectivity index is 1.93. The predicted molar refractivity (Wildman–Crippen MR) is 134 cm³/mol. The van der Waals surface area contributed by atoms with E-state index in [2.05, 4.69) is 33.2 Å². The van der Waals surface area contributed by atoms with Crippen LogP contribution in [0.15, 0.2) is 78.5 Å². The number of benzene rings is 3. The average molecular weight is 542 g/mol. The maximum Gasteiger partial charge on any atom is 0.272 e. The summed E-state index contributed by atoms with van der Waals surface area (Å²) in [5.41, 5.74) is 1.85. The van der Waals surface area contributed by atoms with Crippen LogP contribution in [0.3, 0.4) is 0 Å². The summed E-state index contributed by atoms with van der Waals surface area (Å²) in [6.07, 6.45) is 1.60. The predicted octanol–water partition coefficient (Wildman–Crippen LogP) is 5.11. The number of halogens is 1. The van der Waals surface area contributed by atoms with Crippen molar-refractivity contribution in [1.82, 2.24) is 5.32 Å². The molecule has 7 heteroatoms. The van der Waals surface area contributed by atoms with Crippen molar-refractivity contribution < 1.29 is 19.1 Å². The Morgan fingerprint density at radius 2 is 1.69 bits per heavy atom. The minimum atomic E-state index is -0.440. The zero-order valence-corrected chi connectivity index (χ0v) is 19.9. The van der Waals surface area contributed by atoms with Gasteiger partial charge >= 0.3 is 0 Å². The third-order valence-electron chi connectivity index (χ3n) is 4.43. The summed E-state index contributed by atoms with van der Waals surface area (Å²) in [5, 5.41) is 5.56. The molecule has 2 N–H and O–H groups in total. The molecule has 0 fully saturated rings. The first kappa shape index (κ1) is 23.3. The van der Waals surface area contributed by atoms with Crippen LogP contribution in [-0.4, -0.2) is 25.5 Å². The van der Waals surface area contributed by atoms with E-state index in [0.29, 0.717) is 34.9 Å². The number of methoxy groups -OCH3 is 1. The number of amides is 2. The van der Waals surface area contributed by atoms with Crippen molar-refractivity contribution in [1.29, 1.82) is 0 Å². The molecule has 3 aromatic rings. The first-order valence-electron chi connectivity index (χ1n) is 9.96. The molecule has 0 heterocycles. The van der Waals surface area contributed by atoms with E-state index in [4.69, 9.17) is 9.47 Å². The second-order valence-corrected chi connectivity index (χ2v) is 7.93. The van der Waals surface area contributed by atoms with Crippen molar-refractivity contribution in [2.24, 2.45) is 0 Å². The first-order valence-corrected chi connectivity index (χ1v) is 11.0. The number of nitrogens with one attached hydrogen (secondary N) is 2. The second-order valence-electron chi connectivity index (χ2n) is 6.68. The molecule has 0 aliphatic rings. The summed E-state index contributed by atoms with van der Waals surface area (Å²) in [6.45, 7) is 2.34. The van der Waals surface area contributed by atoms with Gasteiger partial charge < -0.3 is 20.1 Å². The van der Waals surface area contributed by atoms with Crippen molar-refractivity contribution in [3.63, 3.8) is 0 Å². The van der Waals surface area contributed by atoms with Gasteiger partial charge in [0.1, 0.15) is 5.70 Å². The number of hydrogen-bond donors (Lipinski definition) is 2. The highest BCUT2D eigenvalue weighted by Crippen LogP contribution is 2.29. The van der Waals surface area contributed by atoms with Crippen molar-refractivity contribution in [2.45, 2.75) is 6.92 Å². The van der Waals surface area contributed by atoms with E-state index < -0.39 is 5.91 Å². The fourth-order valence-corrected chi connectivity index (χ4v) is 3.25. The molecule has 0 aromatic heterocycles. The highest BCUT2D eigenvalue weighted by atomic mass is 127. The minimum absolute atomic E-state index is 0.102. The molecule has 6 nitrogen and oxygen atoms in total. The second kappa shape index (κ2) is 11.3. The Morgan fingerprint density at radius 3 is 2.34 bits per heavy atom. The largest absolute Gasteiger partial charge is 0.493 e. The molecule has 3 rings (SSSR count).